The van der Waals surface area contributed by atoms with Gasteiger partial charge in [-0.3, -0.25) is 14.4 Å². The van der Waals surface area contributed by atoms with E-state index >= 15 is 0 Å². The molecule has 11 heteroatoms. The second-order valence-electron chi connectivity index (χ2n) is 8.16. The summed E-state index contributed by atoms with van der Waals surface area (Å²) in [6.07, 6.45) is 3.41. The zero-order valence-electron chi connectivity index (χ0n) is 18.7. The minimum atomic E-state index is -0.550. The molecule has 0 radical (unpaired) electrons. The third kappa shape index (κ3) is 6.23. The van der Waals surface area contributed by atoms with Crippen LogP contribution in [-0.4, -0.2) is 47.3 Å². The van der Waals surface area contributed by atoms with Crippen LogP contribution in [0.4, 0.5) is 15.8 Å². The maximum atomic E-state index is 13.2. The molecular weight excluding hydrogens is 475 g/mol. The van der Waals surface area contributed by atoms with Gasteiger partial charge in [-0.15, -0.1) is 0 Å². The summed E-state index contributed by atoms with van der Waals surface area (Å²) in [5.74, 6) is -1.62. The number of amides is 3. The van der Waals surface area contributed by atoms with Crippen molar-refractivity contribution < 1.29 is 18.8 Å². The molecule has 3 amide bonds. The van der Waals surface area contributed by atoms with E-state index in [9.17, 15) is 18.8 Å². The molecular formula is C24H24ClFN6O3. The third-order valence-electron chi connectivity index (χ3n) is 5.61. The number of hydrogen-bond donors (Lipinski definition) is 5. The topological polar surface area (TPSA) is 128 Å². The van der Waals surface area contributed by atoms with Crippen LogP contribution in [0.3, 0.4) is 0 Å². The largest absolute Gasteiger partial charge is 0.350 e. The van der Waals surface area contributed by atoms with Gasteiger partial charge in [-0.2, -0.15) is 0 Å². The van der Waals surface area contributed by atoms with E-state index < -0.39 is 23.5 Å². The molecule has 1 aliphatic rings. The number of aromatic amines is 1. The van der Waals surface area contributed by atoms with Crippen molar-refractivity contribution in [3.8, 4) is 0 Å². The number of nitrogens with zero attached hydrogens (tertiary/aromatic N) is 1. The number of imidazole rings is 1. The van der Waals surface area contributed by atoms with E-state index in [1.807, 2.05) is 0 Å². The first-order valence-electron chi connectivity index (χ1n) is 11.1. The number of anilines is 2. The van der Waals surface area contributed by atoms with Gasteiger partial charge in [-0.1, -0.05) is 11.6 Å². The van der Waals surface area contributed by atoms with Gasteiger partial charge in [0.2, 0.25) is 0 Å². The van der Waals surface area contributed by atoms with E-state index in [1.165, 1.54) is 12.4 Å². The summed E-state index contributed by atoms with van der Waals surface area (Å²) in [6.45, 7) is 2.36. The van der Waals surface area contributed by atoms with Crippen molar-refractivity contribution in [1.29, 1.82) is 0 Å². The molecule has 5 N–H and O–H groups in total. The number of benzene rings is 2. The summed E-state index contributed by atoms with van der Waals surface area (Å²) >= 11 is 5.93. The zero-order valence-corrected chi connectivity index (χ0v) is 19.4. The van der Waals surface area contributed by atoms with Crippen molar-refractivity contribution in [1.82, 2.24) is 20.6 Å². The van der Waals surface area contributed by atoms with Gasteiger partial charge in [-0.05, 0) is 74.3 Å². The van der Waals surface area contributed by atoms with Crippen molar-refractivity contribution >= 4 is 40.7 Å². The Bertz CT molecular complexity index is 1220. The second-order valence-corrected chi connectivity index (χ2v) is 8.57. The quantitative estimate of drug-likeness (QED) is 0.341. The molecule has 2 aromatic carbocycles. The molecule has 1 unspecified atom stereocenters. The normalized spacial score (nSPS) is 15.3. The Labute approximate surface area is 205 Å². The molecule has 3 aromatic rings. The number of H-pyrrole nitrogens is 1. The molecule has 182 valence electrons. The predicted octanol–water partition coefficient (Wildman–Crippen LogP) is 3.44. The van der Waals surface area contributed by atoms with E-state index in [1.54, 1.807) is 24.3 Å². The summed E-state index contributed by atoms with van der Waals surface area (Å²) in [4.78, 5) is 44.4. The second kappa shape index (κ2) is 11.1. The molecule has 0 aliphatic carbocycles. The van der Waals surface area contributed by atoms with Crippen molar-refractivity contribution in [3.63, 3.8) is 0 Å². The van der Waals surface area contributed by atoms with Gasteiger partial charge in [0.15, 0.2) is 5.69 Å². The van der Waals surface area contributed by atoms with E-state index in [4.69, 9.17) is 11.6 Å². The van der Waals surface area contributed by atoms with Gasteiger partial charge in [-0.25, -0.2) is 9.37 Å². The summed E-state index contributed by atoms with van der Waals surface area (Å²) in [7, 11) is 0. The van der Waals surface area contributed by atoms with Gasteiger partial charge in [0.25, 0.3) is 17.7 Å². The Hall–Kier alpha value is -3.76. The number of rotatable bonds is 7. The summed E-state index contributed by atoms with van der Waals surface area (Å²) in [5.41, 5.74) is 1.09. The van der Waals surface area contributed by atoms with Crippen molar-refractivity contribution in [3.05, 3.63) is 76.6 Å². The minimum Gasteiger partial charge on any atom is -0.350 e. The van der Waals surface area contributed by atoms with E-state index in [2.05, 4.69) is 31.2 Å². The van der Waals surface area contributed by atoms with Crippen molar-refractivity contribution in [2.24, 2.45) is 5.92 Å². The van der Waals surface area contributed by atoms with Gasteiger partial charge in [0, 0.05) is 17.9 Å². The van der Waals surface area contributed by atoms with Crippen LogP contribution in [0.2, 0.25) is 5.02 Å². The molecule has 1 fully saturated rings. The van der Waals surface area contributed by atoms with Crippen molar-refractivity contribution in [2.75, 3.05) is 30.3 Å². The fraction of sp³-hybridized carbons (Fsp3) is 0.250. The summed E-state index contributed by atoms with van der Waals surface area (Å²) in [6, 6.07) is 9.85. The zero-order chi connectivity index (χ0) is 24.8. The number of nitrogens with one attached hydrogen (secondary N) is 5. The van der Waals surface area contributed by atoms with Gasteiger partial charge in [0.1, 0.15) is 11.5 Å². The van der Waals surface area contributed by atoms with Crippen LogP contribution in [0, 0.1) is 11.7 Å². The summed E-state index contributed by atoms with van der Waals surface area (Å²) in [5, 5.41) is 11.5. The van der Waals surface area contributed by atoms with Crippen LogP contribution in [0.1, 0.15) is 44.2 Å². The number of hydrogen-bond acceptors (Lipinski definition) is 5. The first kappa shape index (κ1) is 24.4. The first-order valence-corrected chi connectivity index (χ1v) is 11.5. The molecule has 1 aliphatic heterocycles. The number of piperidine rings is 1. The lowest BCUT2D eigenvalue weighted by molar-refractivity contribution is 0.0927. The number of carbonyl (C=O) groups is 3. The Morgan fingerprint density at radius 2 is 1.74 bits per heavy atom. The fourth-order valence-electron chi connectivity index (χ4n) is 3.76. The highest BCUT2D eigenvalue weighted by Gasteiger charge is 2.22. The lowest BCUT2D eigenvalue weighted by atomic mass is 10.00. The SMILES string of the molecule is O=C(Nc1ccc(NC(=O)c2nc[nH]c2C(=O)NCC2CCCNC2)cc1)c1ccc(F)cc1Cl. The van der Waals surface area contributed by atoms with Gasteiger partial charge < -0.3 is 26.3 Å². The highest BCUT2D eigenvalue weighted by molar-refractivity contribution is 6.34. The van der Waals surface area contributed by atoms with Crippen LogP contribution in [0.15, 0.2) is 48.8 Å². The molecule has 0 saturated carbocycles. The highest BCUT2D eigenvalue weighted by Crippen LogP contribution is 2.20. The number of carbonyl (C=O) groups excluding carboxylic acids is 3. The van der Waals surface area contributed by atoms with Crippen molar-refractivity contribution in [2.45, 2.75) is 12.8 Å². The predicted molar refractivity (Wildman–Crippen MR) is 130 cm³/mol. The monoisotopic (exact) mass is 498 g/mol. The van der Waals surface area contributed by atoms with Crippen LogP contribution in [0.25, 0.3) is 0 Å². The Morgan fingerprint density at radius 1 is 1.03 bits per heavy atom. The first-order chi connectivity index (χ1) is 16.9. The molecule has 1 atom stereocenters. The Morgan fingerprint density at radius 3 is 2.40 bits per heavy atom. The van der Waals surface area contributed by atoms with Gasteiger partial charge >= 0.3 is 0 Å². The lowest BCUT2D eigenvalue weighted by Crippen LogP contribution is -2.38. The molecule has 2 heterocycles. The Kier molecular flexibility index (Phi) is 7.74. The molecule has 0 spiro atoms. The van der Waals surface area contributed by atoms with E-state index in [-0.39, 0.29) is 22.0 Å². The van der Waals surface area contributed by atoms with Crippen LogP contribution < -0.4 is 21.3 Å². The smallest absolute Gasteiger partial charge is 0.276 e. The molecule has 0 bridgehead atoms. The molecule has 9 nitrogen and oxygen atoms in total. The molecule has 35 heavy (non-hydrogen) atoms. The Balaban J connectivity index is 1.34. The minimum absolute atomic E-state index is 0.000588. The fourth-order valence-corrected chi connectivity index (χ4v) is 4.02. The standard InChI is InChI=1S/C24H24ClFN6O3/c25-19-10-15(26)3-8-18(19)22(33)31-16-4-6-17(7-5-16)32-24(35)21-20(29-13-30-21)23(34)28-12-14-2-1-9-27-11-14/h3-8,10,13-14,27H,1-2,9,11-12H2,(H,28,34)(H,29,30)(H,31,33)(H,32,35). The lowest BCUT2D eigenvalue weighted by Gasteiger charge is -2.22. The van der Waals surface area contributed by atoms with Crippen LogP contribution in [0.5, 0.6) is 0 Å². The van der Waals surface area contributed by atoms with E-state index in [0.717, 1.165) is 38.1 Å². The van der Waals surface area contributed by atoms with Crippen LogP contribution >= 0.6 is 11.6 Å². The highest BCUT2D eigenvalue weighted by atomic mass is 35.5. The van der Waals surface area contributed by atoms with E-state index in [0.29, 0.717) is 23.8 Å². The molecule has 1 saturated heterocycles. The maximum absolute atomic E-state index is 13.2. The average molecular weight is 499 g/mol. The summed E-state index contributed by atoms with van der Waals surface area (Å²) < 4.78 is 13.2. The molecule has 4 rings (SSSR count). The van der Waals surface area contributed by atoms with Gasteiger partial charge in [0.05, 0.1) is 16.9 Å². The number of halogens is 2. The average Bonchev–Trinajstić information content (AvgIpc) is 3.35. The third-order valence-corrected chi connectivity index (χ3v) is 5.92. The van der Waals surface area contributed by atoms with Crippen LogP contribution in [-0.2, 0) is 0 Å². The number of aromatic nitrogens is 2. The maximum Gasteiger partial charge on any atom is 0.276 e. The molecule has 1 aromatic heterocycles.